The second kappa shape index (κ2) is 7.30. The maximum atomic E-state index is 12.0. The Bertz CT molecular complexity index is 656. The lowest BCUT2D eigenvalue weighted by Crippen LogP contribution is -2.08. The lowest BCUT2D eigenvalue weighted by atomic mass is 10.2. The van der Waals surface area contributed by atoms with Crippen LogP contribution in [0.1, 0.15) is 10.4 Å². The summed E-state index contributed by atoms with van der Waals surface area (Å²) in [7, 11) is 2.86. The Morgan fingerprint density at radius 1 is 1.10 bits per heavy atom. The number of rotatable bonds is 4. The quantitative estimate of drug-likeness (QED) is 0.450. The molecule has 0 saturated heterocycles. The smallest absolute Gasteiger partial charge is 0.342 e. The van der Waals surface area contributed by atoms with E-state index in [0.29, 0.717) is 26.4 Å². The number of carbonyl (C=O) groups is 1. The molecule has 0 aliphatic carbocycles. The van der Waals surface area contributed by atoms with Gasteiger partial charge in [-0.25, -0.2) is 4.79 Å². The Kier molecular flexibility index (Phi) is 5.68. The molecule has 0 bridgehead atoms. The minimum absolute atomic E-state index is 0.368. The summed E-state index contributed by atoms with van der Waals surface area (Å²) in [6.45, 7) is 0. The van der Waals surface area contributed by atoms with Crippen LogP contribution in [0.4, 0.5) is 0 Å². The number of methoxy groups -OCH3 is 2. The summed E-state index contributed by atoms with van der Waals surface area (Å²) >= 11 is 4.22. The van der Waals surface area contributed by atoms with E-state index in [9.17, 15) is 4.79 Å². The summed E-state index contributed by atoms with van der Waals surface area (Å²) in [5, 5.41) is 0. The molecule has 0 saturated carbocycles. The van der Waals surface area contributed by atoms with Crippen molar-refractivity contribution in [3.8, 4) is 17.2 Å². The number of hydrogen-bond donors (Lipinski definition) is 0. The van der Waals surface area contributed by atoms with Gasteiger partial charge in [-0.15, -0.1) is 0 Å². The second-order valence-electron chi connectivity index (χ2n) is 3.99. The summed E-state index contributed by atoms with van der Waals surface area (Å²) < 4.78 is 17.5. The molecule has 2 rings (SSSR count). The van der Waals surface area contributed by atoms with E-state index in [2.05, 4.69) is 45.2 Å². The van der Waals surface area contributed by atoms with Crippen molar-refractivity contribution in [2.45, 2.75) is 0 Å². The fourth-order valence-electron chi connectivity index (χ4n) is 1.73. The highest BCUT2D eigenvalue weighted by atomic mass is 127. The molecule has 6 heteroatoms. The van der Waals surface area contributed by atoms with E-state index in [0.717, 1.165) is 3.57 Å². The van der Waals surface area contributed by atoms with Gasteiger partial charge in [0.25, 0.3) is 0 Å². The first-order valence-corrected chi connectivity index (χ1v) is 8.11. The Labute approximate surface area is 150 Å². The molecule has 0 aliphatic rings. The highest BCUT2D eigenvalue weighted by Gasteiger charge is 2.23. The third kappa shape index (κ3) is 3.60. The zero-order valence-electron chi connectivity index (χ0n) is 11.4. The molecule has 0 atom stereocenters. The molecule has 4 nitrogen and oxygen atoms in total. The first kappa shape index (κ1) is 16.3. The molecule has 0 spiro atoms. The van der Waals surface area contributed by atoms with Crippen molar-refractivity contribution in [2.75, 3.05) is 14.2 Å². The predicted molar refractivity (Wildman–Crippen MR) is 96.3 cm³/mol. The van der Waals surface area contributed by atoms with Crippen LogP contribution in [0, 0.1) is 7.14 Å². The lowest BCUT2D eigenvalue weighted by Gasteiger charge is -2.15. The number of ether oxygens (including phenoxy) is 3. The van der Waals surface area contributed by atoms with E-state index in [4.69, 9.17) is 14.2 Å². The Hall–Kier alpha value is -1.03. The molecule has 0 heterocycles. The van der Waals surface area contributed by atoms with Crippen LogP contribution in [0.5, 0.6) is 17.2 Å². The average molecular weight is 510 g/mol. The maximum Gasteiger partial charge on any atom is 0.342 e. The standard InChI is InChI=1S/C15H12I2O4/c1-19-11-8-10(16)14(13(17)12(11)15(18)20-2)21-9-6-4-3-5-7-9/h3-8H,1-2H3. The van der Waals surface area contributed by atoms with Crippen molar-refractivity contribution in [1.29, 1.82) is 0 Å². The van der Waals surface area contributed by atoms with Crippen molar-refractivity contribution >= 4 is 51.2 Å². The summed E-state index contributed by atoms with van der Waals surface area (Å²) in [6, 6.07) is 11.2. The minimum Gasteiger partial charge on any atom is -0.496 e. The highest BCUT2D eigenvalue weighted by molar-refractivity contribution is 14.1. The first-order chi connectivity index (χ1) is 10.1. The summed E-state index contributed by atoms with van der Waals surface area (Å²) in [4.78, 5) is 12.0. The molecular weight excluding hydrogens is 498 g/mol. The van der Waals surface area contributed by atoms with Crippen molar-refractivity contribution in [3.63, 3.8) is 0 Å². The molecule has 21 heavy (non-hydrogen) atoms. The maximum absolute atomic E-state index is 12.0. The van der Waals surface area contributed by atoms with E-state index in [-0.39, 0.29) is 0 Å². The van der Waals surface area contributed by atoms with Gasteiger partial charge < -0.3 is 14.2 Å². The molecule has 0 radical (unpaired) electrons. The second-order valence-corrected chi connectivity index (χ2v) is 6.23. The molecular formula is C15H12I2O4. The largest absolute Gasteiger partial charge is 0.496 e. The van der Waals surface area contributed by atoms with Gasteiger partial charge in [-0.2, -0.15) is 0 Å². The van der Waals surface area contributed by atoms with Gasteiger partial charge in [-0.1, -0.05) is 18.2 Å². The predicted octanol–water partition coefficient (Wildman–Crippen LogP) is 4.48. The van der Waals surface area contributed by atoms with Gasteiger partial charge in [0.15, 0.2) is 5.75 Å². The molecule has 0 aromatic heterocycles. The summed E-state index contributed by atoms with van der Waals surface area (Å²) in [6.07, 6.45) is 0. The molecule has 0 unspecified atom stereocenters. The highest BCUT2D eigenvalue weighted by Crippen LogP contribution is 2.39. The number of halogens is 2. The SMILES string of the molecule is COC(=O)c1c(OC)cc(I)c(Oc2ccccc2)c1I. The minimum atomic E-state index is -0.453. The van der Waals surface area contributed by atoms with Gasteiger partial charge >= 0.3 is 5.97 Å². The van der Waals surface area contributed by atoms with Gasteiger partial charge in [-0.3, -0.25) is 0 Å². The Balaban J connectivity index is 2.53. The summed E-state index contributed by atoms with van der Waals surface area (Å²) in [5.74, 6) is 1.33. The number of esters is 1. The van der Waals surface area contributed by atoms with E-state index in [1.54, 1.807) is 6.07 Å². The van der Waals surface area contributed by atoms with Crippen molar-refractivity contribution < 1.29 is 19.0 Å². The van der Waals surface area contributed by atoms with Crippen LogP contribution in [0.25, 0.3) is 0 Å². The fraction of sp³-hybridized carbons (Fsp3) is 0.133. The van der Waals surface area contributed by atoms with Crippen LogP contribution < -0.4 is 9.47 Å². The van der Waals surface area contributed by atoms with Gasteiger partial charge in [0.2, 0.25) is 0 Å². The van der Waals surface area contributed by atoms with Crippen LogP contribution in [0.2, 0.25) is 0 Å². The molecule has 110 valence electrons. The lowest BCUT2D eigenvalue weighted by molar-refractivity contribution is 0.0595. The van der Waals surface area contributed by atoms with E-state index >= 15 is 0 Å². The monoisotopic (exact) mass is 510 g/mol. The van der Waals surface area contributed by atoms with E-state index < -0.39 is 5.97 Å². The van der Waals surface area contributed by atoms with E-state index in [1.807, 2.05) is 30.3 Å². The van der Waals surface area contributed by atoms with E-state index in [1.165, 1.54) is 14.2 Å². The number of para-hydroxylation sites is 1. The normalized spacial score (nSPS) is 10.1. The number of benzene rings is 2. The molecule has 0 aliphatic heterocycles. The first-order valence-electron chi connectivity index (χ1n) is 5.95. The third-order valence-electron chi connectivity index (χ3n) is 2.71. The number of hydrogen-bond acceptors (Lipinski definition) is 4. The van der Waals surface area contributed by atoms with Crippen LogP contribution in [-0.4, -0.2) is 20.2 Å². The Morgan fingerprint density at radius 2 is 1.76 bits per heavy atom. The zero-order chi connectivity index (χ0) is 15.4. The summed E-state index contributed by atoms with van der Waals surface area (Å²) in [5.41, 5.74) is 0.368. The van der Waals surface area contributed by atoms with Crippen LogP contribution >= 0.6 is 45.2 Å². The number of carbonyl (C=O) groups excluding carboxylic acids is 1. The van der Waals surface area contributed by atoms with Gasteiger partial charge in [0.1, 0.15) is 17.1 Å². The molecule has 2 aromatic rings. The third-order valence-corrected chi connectivity index (χ3v) is 4.54. The van der Waals surface area contributed by atoms with Crippen LogP contribution in [0.3, 0.4) is 0 Å². The topological polar surface area (TPSA) is 44.8 Å². The average Bonchev–Trinajstić information content (AvgIpc) is 2.51. The Morgan fingerprint density at radius 3 is 2.33 bits per heavy atom. The molecule has 0 N–H and O–H groups in total. The zero-order valence-corrected chi connectivity index (χ0v) is 15.7. The van der Waals surface area contributed by atoms with Gasteiger partial charge in [0, 0.05) is 0 Å². The van der Waals surface area contributed by atoms with Crippen LogP contribution in [0.15, 0.2) is 36.4 Å². The van der Waals surface area contributed by atoms with Gasteiger partial charge in [0.05, 0.1) is 21.4 Å². The molecule has 0 fully saturated rings. The van der Waals surface area contributed by atoms with Gasteiger partial charge in [-0.05, 0) is 63.4 Å². The van der Waals surface area contributed by atoms with Crippen molar-refractivity contribution in [1.82, 2.24) is 0 Å². The van der Waals surface area contributed by atoms with Crippen molar-refractivity contribution in [3.05, 3.63) is 49.1 Å². The molecule has 0 amide bonds. The molecule has 2 aromatic carbocycles. The fourth-order valence-corrected chi connectivity index (χ4v) is 3.80. The van der Waals surface area contributed by atoms with Crippen LogP contribution in [-0.2, 0) is 4.74 Å². The van der Waals surface area contributed by atoms with Crippen molar-refractivity contribution in [2.24, 2.45) is 0 Å².